The van der Waals surface area contributed by atoms with Crippen LogP contribution in [-0.2, 0) is 0 Å². The predicted molar refractivity (Wildman–Crippen MR) is 366 cm³/mol. The van der Waals surface area contributed by atoms with Crippen molar-refractivity contribution in [3.8, 4) is 73.1 Å². The molecule has 5 heterocycles. The number of hydrogen-bond acceptors (Lipinski definition) is 4. The van der Waals surface area contributed by atoms with E-state index in [0.717, 1.165) is 136 Å². The van der Waals surface area contributed by atoms with E-state index in [0.29, 0.717) is 28.2 Å². The molecule has 18 rings (SSSR count). The van der Waals surface area contributed by atoms with Crippen LogP contribution in [0.5, 0.6) is 0 Å². The van der Waals surface area contributed by atoms with Gasteiger partial charge in [-0.15, -0.1) is 22.7 Å². The van der Waals surface area contributed by atoms with Crippen molar-refractivity contribution in [1.82, 2.24) is 9.13 Å². The Morgan fingerprint density at radius 2 is 0.874 bits per heavy atom. The highest BCUT2D eigenvalue weighted by atomic mass is 32.1. The number of aromatic nitrogens is 2. The first kappa shape index (κ1) is 49.1. The predicted octanol–water partition coefficient (Wildman–Crippen LogP) is 23.3. The minimum Gasteiger partial charge on any atom is -0.455 e. The maximum absolute atomic E-state index is 12.7. The summed E-state index contributed by atoms with van der Waals surface area (Å²) < 4.78 is 16.1. The van der Waals surface area contributed by atoms with Gasteiger partial charge in [-0.2, -0.15) is 5.26 Å². The number of para-hydroxylation sites is 3. The monoisotopic (exact) mass is 1140 g/mol. The molecule has 0 spiro atoms. The molecule has 87 heavy (non-hydrogen) atoms. The highest BCUT2D eigenvalue weighted by Crippen LogP contribution is 2.57. The van der Waals surface area contributed by atoms with Crippen molar-refractivity contribution >= 4 is 134 Å². The minimum absolute atomic E-state index is 0.383. The van der Waals surface area contributed by atoms with Crippen LogP contribution < -0.4 is 0 Å². The number of thiophene rings is 2. The van der Waals surface area contributed by atoms with Crippen molar-refractivity contribution in [1.29, 1.82) is 5.26 Å². The van der Waals surface area contributed by atoms with Crippen molar-refractivity contribution in [3.63, 3.8) is 0 Å². The molecule has 0 amide bonds. The second kappa shape index (κ2) is 19.1. The first-order chi connectivity index (χ1) is 43.1. The van der Waals surface area contributed by atoms with Crippen molar-refractivity contribution < 1.29 is 4.42 Å². The molecule has 13 aromatic carbocycles. The lowest BCUT2D eigenvalue weighted by molar-refractivity contribution is 0.670. The third kappa shape index (κ3) is 7.10. The topological polar surface area (TPSA) is 51.1 Å². The molecule has 0 aliphatic carbocycles. The first-order valence-corrected chi connectivity index (χ1v) is 30.7. The Morgan fingerprint density at radius 3 is 1.46 bits per heavy atom. The van der Waals surface area contributed by atoms with Crippen molar-refractivity contribution in [3.05, 3.63) is 284 Å². The lowest BCUT2D eigenvalue weighted by Gasteiger charge is -2.26. The average Bonchev–Trinajstić information content (AvgIpc) is 1.61. The zero-order valence-corrected chi connectivity index (χ0v) is 48.1. The van der Waals surface area contributed by atoms with Gasteiger partial charge in [-0.3, -0.25) is 0 Å². The lowest BCUT2D eigenvalue weighted by atomic mass is 9.88. The smallest absolute Gasteiger partial charge is 0.220 e. The second-order valence-corrected chi connectivity index (χ2v) is 24.4. The number of furan rings is 1. The van der Waals surface area contributed by atoms with E-state index in [-0.39, 0.29) is 0 Å². The quantitative estimate of drug-likeness (QED) is 0.149. The molecule has 0 radical (unpaired) electrons. The van der Waals surface area contributed by atoms with E-state index >= 15 is 0 Å². The van der Waals surface area contributed by atoms with Gasteiger partial charge in [0.05, 0.1) is 55.0 Å². The number of nitrogens with zero attached hydrogens (tertiary/aromatic N) is 4. The Morgan fingerprint density at radius 1 is 0.379 bits per heavy atom. The van der Waals surface area contributed by atoms with Gasteiger partial charge in [0.2, 0.25) is 5.69 Å². The summed E-state index contributed by atoms with van der Waals surface area (Å²) in [4.78, 5) is 4.70. The van der Waals surface area contributed by atoms with Gasteiger partial charge in [0.25, 0.3) is 0 Å². The molecule has 0 bridgehead atoms. The normalized spacial score (nSPS) is 11.9. The molecule has 0 atom stereocenters. The SMILES string of the molecule is [C-]#[N+]c1c(-c2ccccc2)c(C#N)c(-n2c3c4sc5ccccc5c4cc(-c4ccccc4)c3c3c(-c4ccccc4)cc4c5ccccc5sc4c32)c(-c2ccccc2)c1-n1c2ccccc2c2cc(-c3cccc4c3oc3ccccc34)ccc21. The van der Waals surface area contributed by atoms with Crippen LogP contribution in [0, 0.1) is 17.9 Å². The Hall–Kier alpha value is -11.3. The Bertz CT molecular complexity index is 5840. The van der Waals surface area contributed by atoms with Crippen LogP contribution in [0.1, 0.15) is 5.56 Å². The molecule has 0 aliphatic heterocycles. The van der Waals surface area contributed by atoms with Crippen molar-refractivity contribution in [2.45, 2.75) is 0 Å². The number of fused-ring (bicyclic) bond motifs is 17. The first-order valence-electron chi connectivity index (χ1n) is 29.1. The number of nitriles is 1. The number of hydrogen-bond donors (Lipinski definition) is 0. The summed E-state index contributed by atoms with van der Waals surface area (Å²) in [6.07, 6.45) is 0. The Labute approximate surface area is 506 Å². The second-order valence-electron chi connectivity index (χ2n) is 22.3. The van der Waals surface area contributed by atoms with Crippen LogP contribution in [-0.4, -0.2) is 9.13 Å². The molecular weight excluding hydrogens is 1100 g/mol. The van der Waals surface area contributed by atoms with Crippen molar-refractivity contribution in [2.75, 3.05) is 0 Å². The summed E-state index contributed by atoms with van der Waals surface area (Å²) in [6, 6.07) is 97.5. The third-order valence-electron chi connectivity index (χ3n) is 17.8. The molecule has 5 aromatic heterocycles. The lowest BCUT2D eigenvalue weighted by Crippen LogP contribution is -2.09. The number of benzene rings is 13. The van der Waals surface area contributed by atoms with E-state index in [4.69, 9.17) is 9.26 Å². The summed E-state index contributed by atoms with van der Waals surface area (Å²) >= 11 is 3.60. The number of rotatable bonds is 7. The largest absolute Gasteiger partial charge is 0.455 e. The van der Waals surface area contributed by atoms with Crippen LogP contribution >= 0.6 is 22.7 Å². The van der Waals surface area contributed by atoms with Gasteiger partial charge >= 0.3 is 0 Å². The van der Waals surface area contributed by atoms with E-state index in [1.807, 2.05) is 36.4 Å². The highest BCUT2D eigenvalue weighted by Gasteiger charge is 2.35. The summed E-state index contributed by atoms with van der Waals surface area (Å²) in [5.41, 5.74) is 17.1. The average molecular weight is 1140 g/mol. The Kier molecular flexibility index (Phi) is 10.8. The third-order valence-corrected chi connectivity index (χ3v) is 20.1. The summed E-state index contributed by atoms with van der Waals surface area (Å²) in [6.45, 7) is 9.68. The molecule has 0 aliphatic rings. The van der Waals surface area contributed by atoms with E-state index in [9.17, 15) is 11.8 Å². The van der Waals surface area contributed by atoms with E-state index in [1.165, 1.54) is 20.2 Å². The minimum atomic E-state index is 0.383. The van der Waals surface area contributed by atoms with Gasteiger partial charge in [0.15, 0.2) is 0 Å². The summed E-state index contributed by atoms with van der Waals surface area (Å²) in [5.74, 6) is 0. The van der Waals surface area contributed by atoms with Gasteiger partial charge in [0, 0.05) is 80.0 Å². The summed E-state index contributed by atoms with van der Waals surface area (Å²) in [7, 11) is 0. The zero-order chi connectivity index (χ0) is 57.4. The molecule has 0 unspecified atom stereocenters. The van der Waals surface area contributed by atoms with Crippen LogP contribution in [0.25, 0.3) is 178 Å². The van der Waals surface area contributed by atoms with E-state index in [1.54, 1.807) is 22.7 Å². The van der Waals surface area contributed by atoms with E-state index < -0.39 is 0 Å². The van der Waals surface area contributed by atoms with Gasteiger partial charge in [-0.1, -0.05) is 218 Å². The Balaban J connectivity index is 1.10. The molecular formula is C80H44N4OS2. The van der Waals surface area contributed by atoms with E-state index in [2.05, 4.69) is 246 Å². The molecule has 18 aromatic rings. The maximum Gasteiger partial charge on any atom is 0.220 e. The zero-order valence-electron chi connectivity index (χ0n) is 46.4. The fourth-order valence-electron chi connectivity index (χ4n) is 14.1. The van der Waals surface area contributed by atoms with Crippen molar-refractivity contribution in [2.24, 2.45) is 0 Å². The van der Waals surface area contributed by atoms with Gasteiger partial charge in [-0.05, 0) is 87.5 Å². The van der Waals surface area contributed by atoms with Gasteiger partial charge in [-0.25, -0.2) is 4.85 Å². The molecule has 0 saturated heterocycles. The van der Waals surface area contributed by atoms with Gasteiger partial charge < -0.3 is 13.6 Å². The molecule has 7 heteroatoms. The van der Waals surface area contributed by atoms with Crippen LogP contribution in [0.15, 0.2) is 271 Å². The van der Waals surface area contributed by atoms with Crippen LogP contribution in [0.3, 0.4) is 0 Å². The summed E-state index contributed by atoms with van der Waals surface area (Å²) in [5, 5.41) is 23.7. The molecule has 0 saturated carbocycles. The standard InChI is InChI=1S/C80H44N4OS2/c1-82-73-69(49-27-10-4-11-28-49)63(46-81)74(70(50-29-12-5-13-30-50)75(73)83-64-37-18-14-31-53(64)60-43-51(41-42-65(60)83)52-35-22-36-57-54-32-15-19-38-66(54)85-78(52)57)84-76-71(58(47-23-6-2-7-24-47)44-61-55-33-16-20-39-67(55)86-79(61)76)72-59(48-25-8-3-9-26-48)45-62-56-34-17-21-40-68(56)87-80(62)77(72)84/h2-45H. The molecule has 0 fully saturated rings. The maximum atomic E-state index is 12.7. The fourth-order valence-corrected chi connectivity index (χ4v) is 16.6. The van der Waals surface area contributed by atoms with Crippen LogP contribution in [0.4, 0.5) is 5.69 Å². The van der Waals surface area contributed by atoms with Crippen LogP contribution in [0.2, 0.25) is 0 Å². The highest BCUT2D eigenvalue weighted by molar-refractivity contribution is 7.27. The molecule has 402 valence electrons. The fraction of sp³-hybridized carbons (Fsp3) is 0. The molecule has 5 nitrogen and oxygen atoms in total. The molecule has 0 N–H and O–H groups in total. The van der Waals surface area contributed by atoms with Gasteiger partial charge in [0.1, 0.15) is 17.2 Å².